The second kappa shape index (κ2) is 7.39. The molecule has 1 aliphatic rings. The van der Waals surface area contributed by atoms with Crippen LogP contribution in [0.3, 0.4) is 0 Å². The molecule has 4 nitrogen and oxygen atoms in total. The topological polar surface area (TPSA) is 47.6 Å². The molecule has 1 N–H and O–H groups in total. The highest BCUT2D eigenvalue weighted by Crippen LogP contribution is 2.26. The summed E-state index contributed by atoms with van der Waals surface area (Å²) in [4.78, 5) is 12.3. The molecule has 2 aromatic carbocycles. The minimum atomic E-state index is -0.561. The molecule has 1 atom stereocenters. The number of fused-ring (bicyclic) bond motifs is 1. The zero-order chi connectivity index (χ0) is 16.9. The lowest BCUT2D eigenvalue weighted by molar-refractivity contribution is -0.122. The first-order valence-corrected chi connectivity index (χ1v) is 8.39. The van der Waals surface area contributed by atoms with E-state index in [1.54, 1.807) is 14.0 Å². The van der Waals surface area contributed by atoms with E-state index in [1.165, 1.54) is 24.0 Å². The molecule has 0 fully saturated rings. The lowest BCUT2D eigenvalue weighted by atomic mass is 9.92. The summed E-state index contributed by atoms with van der Waals surface area (Å²) in [5, 5.41) is 2.86. The van der Waals surface area contributed by atoms with E-state index in [4.69, 9.17) is 9.47 Å². The molecular formula is C20H23NO3. The van der Waals surface area contributed by atoms with Gasteiger partial charge in [0, 0.05) is 5.69 Å². The predicted octanol–water partition coefficient (Wildman–Crippen LogP) is 3.98. The molecule has 1 aliphatic carbocycles. The highest BCUT2D eigenvalue weighted by molar-refractivity contribution is 5.94. The molecule has 0 aliphatic heterocycles. The van der Waals surface area contributed by atoms with Gasteiger partial charge in [-0.15, -0.1) is 0 Å². The van der Waals surface area contributed by atoms with E-state index in [9.17, 15) is 4.79 Å². The standard InChI is InChI=1S/C20H23NO3/c1-14(20(22)21-17-8-11-18(23-2)12-9-17)24-19-10-7-15-5-3-4-6-16(15)13-19/h7-14H,3-6H2,1-2H3,(H,21,22)/t14-/m1/s1. The summed E-state index contributed by atoms with van der Waals surface area (Å²) in [6.45, 7) is 1.76. The van der Waals surface area contributed by atoms with Gasteiger partial charge in [-0.05, 0) is 80.1 Å². The molecule has 0 aromatic heterocycles. The third kappa shape index (κ3) is 3.88. The van der Waals surface area contributed by atoms with Crippen molar-refractivity contribution in [1.29, 1.82) is 0 Å². The maximum atomic E-state index is 12.3. The van der Waals surface area contributed by atoms with Crippen molar-refractivity contribution in [2.75, 3.05) is 12.4 Å². The molecule has 2 aromatic rings. The van der Waals surface area contributed by atoms with Crippen LogP contribution in [-0.4, -0.2) is 19.1 Å². The smallest absolute Gasteiger partial charge is 0.265 e. The van der Waals surface area contributed by atoms with Gasteiger partial charge in [-0.25, -0.2) is 0 Å². The fraction of sp³-hybridized carbons (Fsp3) is 0.350. The van der Waals surface area contributed by atoms with Crippen LogP contribution in [0, 0.1) is 0 Å². The Kier molecular flexibility index (Phi) is 5.04. The normalized spacial score (nSPS) is 14.4. The van der Waals surface area contributed by atoms with Gasteiger partial charge in [0.25, 0.3) is 5.91 Å². The highest BCUT2D eigenvalue weighted by atomic mass is 16.5. The van der Waals surface area contributed by atoms with Gasteiger partial charge in [-0.3, -0.25) is 4.79 Å². The van der Waals surface area contributed by atoms with Gasteiger partial charge >= 0.3 is 0 Å². The number of ether oxygens (including phenoxy) is 2. The van der Waals surface area contributed by atoms with Crippen molar-refractivity contribution in [3.05, 3.63) is 53.6 Å². The summed E-state index contributed by atoms with van der Waals surface area (Å²) >= 11 is 0. The van der Waals surface area contributed by atoms with Crippen molar-refractivity contribution in [2.45, 2.75) is 38.7 Å². The summed E-state index contributed by atoms with van der Waals surface area (Å²) < 4.78 is 10.9. The molecule has 0 saturated heterocycles. The van der Waals surface area contributed by atoms with Gasteiger partial charge < -0.3 is 14.8 Å². The van der Waals surface area contributed by atoms with Crippen molar-refractivity contribution in [3.8, 4) is 11.5 Å². The van der Waals surface area contributed by atoms with Crippen LogP contribution < -0.4 is 14.8 Å². The monoisotopic (exact) mass is 325 g/mol. The molecule has 24 heavy (non-hydrogen) atoms. The molecule has 0 saturated carbocycles. The van der Waals surface area contributed by atoms with Gasteiger partial charge in [0.2, 0.25) is 0 Å². The number of carbonyl (C=O) groups is 1. The minimum absolute atomic E-state index is 0.169. The Labute approximate surface area is 142 Å². The SMILES string of the molecule is COc1ccc(NC(=O)[C@@H](C)Oc2ccc3c(c2)CCCC3)cc1. The molecule has 1 amide bonds. The molecular weight excluding hydrogens is 302 g/mol. The van der Waals surface area contributed by atoms with Crippen molar-refractivity contribution in [1.82, 2.24) is 0 Å². The van der Waals surface area contributed by atoms with Gasteiger partial charge in [-0.1, -0.05) is 6.07 Å². The second-order valence-electron chi connectivity index (χ2n) is 6.12. The predicted molar refractivity (Wildman–Crippen MR) is 94.8 cm³/mol. The zero-order valence-corrected chi connectivity index (χ0v) is 14.2. The fourth-order valence-electron chi connectivity index (χ4n) is 2.96. The zero-order valence-electron chi connectivity index (χ0n) is 14.2. The van der Waals surface area contributed by atoms with Gasteiger partial charge in [-0.2, -0.15) is 0 Å². The average molecular weight is 325 g/mol. The van der Waals surface area contributed by atoms with Crippen molar-refractivity contribution < 1.29 is 14.3 Å². The van der Waals surface area contributed by atoms with E-state index in [1.807, 2.05) is 30.3 Å². The Morgan fingerprint density at radius 2 is 1.67 bits per heavy atom. The molecule has 0 bridgehead atoms. The lowest BCUT2D eigenvalue weighted by Gasteiger charge is -2.19. The Balaban J connectivity index is 1.61. The van der Waals surface area contributed by atoms with E-state index < -0.39 is 6.10 Å². The summed E-state index contributed by atoms with van der Waals surface area (Å²) in [7, 11) is 1.61. The van der Waals surface area contributed by atoms with Crippen molar-refractivity contribution in [2.24, 2.45) is 0 Å². The van der Waals surface area contributed by atoms with Crippen LogP contribution in [0.4, 0.5) is 5.69 Å². The number of amides is 1. The van der Waals surface area contributed by atoms with Crippen LogP contribution in [0.2, 0.25) is 0 Å². The molecule has 0 spiro atoms. The van der Waals surface area contributed by atoms with Crippen molar-refractivity contribution in [3.63, 3.8) is 0 Å². The number of rotatable bonds is 5. The molecule has 4 heteroatoms. The van der Waals surface area contributed by atoms with Crippen molar-refractivity contribution >= 4 is 11.6 Å². The number of nitrogens with one attached hydrogen (secondary N) is 1. The summed E-state index contributed by atoms with van der Waals surface area (Å²) in [6.07, 6.45) is 4.16. The van der Waals surface area contributed by atoms with Gasteiger partial charge in [0.1, 0.15) is 11.5 Å². The van der Waals surface area contributed by atoms with Gasteiger partial charge in [0.05, 0.1) is 7.11 Å². The first kappa shape index (κ1) is 16.4. The average Bonchev–Trinajstić information content (AvgIpc) is 2.62. The highest BCUT2D eigenvalue weighted by Gasteiger charge is 2.16. The van der Waals surface area contributed by atoms with Crippen LogP contribution in [-0.2, 0) is 17.6 Å². The van der Waals surface area contributed by atoms with Crippen LogP contribution in [0.1, 0.15) is 30.9 Å². The molecule has 0 radical (unpaired) electrons. The minimum Gasteiger partial charge on any atom is -0.497 e. The lowest BCUT2D eigenvalue weighted by Crippen LogP contribution is -2.30. The number of benzene rings is 2. The Bertz CT molecular complexity index is 709. The van der Waals surface area contributed by atoms with E-state index in [0.29, 0.717) is 0 Å². The largest absolute Gasteiger partial charge is 0.497 e. The number of aryl methyl sites for hydroxylation is 2. The van der Waals surface area contributed by atoms with Gasteiger partial charge in [0.15, 0.2) is 6.10 Å². The first-order chi connectivity index (χ1) is 11.7. The van der Waals surface area contributed by atoms with E-state index in [-0.39, 0.29) is 5.91 Å². The number of anilines is 1. The summed E-state index contributed by atoms with van der Waals surface area (Å²) in [5.41, 5.74) is 3.48. The molecule has 0 unspecified atom stereocenters. The second-order valence-corrected chi connectivity index (χ2v) is 6.12. The Morgan fingerprint density at radius 3 is 2.38 bits per heavy atom. The van der Waals surface area contributed by atoms with E-state index in [2.05, 4.69) is 17.4 Å². The number of hydrogen-bond acceptors (Lipinski definition) is 3. The summed E-state index contributed by atoms with van der Waals surface area (Å²) in [5.74, 6) is 1.34. The third-order valence-corrected chi connectivity index (χ3v) is 4.36. The Hall–Kier alpha value is -2.49. The van der Waals surface area contributed by atoms with E-state index in [0.717, 1.165) is 30.0 Å². The number of carbonyl (C=O) groups excluding carboxylic acids is 1. The molecule has 0 heterocycles. The third-order valence-electron chi connectivity index (χ3n) is 4.36. The molecule has 3 rings (SSSR count). The van der Waals surface area contributed by atoms with Crippen LogP contribution >= 0.6 is 0 Å². The number of methoxy groups -OCH3 is 1. The van der Waals surface area contributed by atoms with Crippen LogP contribution in [0.5, 0.6) is 11.5 Å². The molecule has 126 valence electrons. The Morgan fingerprint density at radius 1 is 1.00 bits per heavy atom. The van der Waals surface area contributed by atoms with Crippen LogP contribution in [0.15, 0.2) is 42.5 Å². The maximum Gasteiger partial charge on any atom is 0.265 e. The van der Waals surface area contributed by atoms with Crippen LogP contribution in [0.25, 0.3) is 0 Å². The summed E-state index contributed by atoms with van der Waals surface area (Å²) in [6, 6.07) is 13.4. The first-order valence-electron chi connectivity index (χ1n) is 8.39. The fourth-order valence-corrected chi connectivity index (χ4v) is 2.96. The quantitative estimate of drug-likeness (QED) is 0.904. The van der Waals surface area contributed by atoms with E-state index >= 15 is 0 Å². The maximum absolute atomic E-state index is 12.3. The number of hydrogen-bond donors (Lipinski definition) is 1.